The largest absolute Gasteiger partial charge is 0.573 e. The fraction of sp³-hybridized carbons (Fsp3) is 0.286. The summed E-state index contributed by atoms with van der Waals surface area (Å²) in [5, 5.41) is 0. The molecule has 1 aliphatic rings. The number of fused-ring (bicyclic) bond motifs is 1. The lowest BCUT2D eigenvalue weighted by Crippen LogP contribution is -2.34. The quantitative estimate of drug-likeness (QED) is 0.697. The van der Waals surface area contributed by atoms with E-state index in [4.69, 9.17) is 9.47 Å². The molecule has 1 amide bonds. The van der Waals surface area contributed by atoms with Crippen molar-refractivity contribution in [3.05, 3.63) is 59.2 Å². The number of benzene rings is 2. The minimum absolute atomic E-state index is 0.169. The molecular formula is C21H20F3NO4. The number of ether oxygens (including phenoxy) is 3. The molecule has 8 heteroatoms. The number of rotatable bonds is 5. The van der Waals surface area contributed by atoms with Gasteiger partial charge in [0.2, 0.25) is 5.91 Å². The molecule has 0 spiro atoms. The van der Waals surface area contributed by atoms with Crippen molar-refractivity contribution in [3.8, 4) is 17.2 Å². The van der Waals surface area contributed by atoms with Crippen molar-refractivity contribution < 1.29 is 32.2 Å². The number of hydrogen-bond donors (Lipinski definition) is 0. The molecule has 3 rings (SSSR count). The van der Waals surface area contributed by atoms with E-state index in [1.54, 1.807) is 25.2 Å². The van der Waals surface area contributed by atoms with E-state index in [1.807, 2.05) is 12.1 Å². The Morgan fingerprint density at radius 1 is 1.03 bits per heavy atom. The monoisotopic (exact) mass is 407 g/mol. The molecule has 5 nitrogen and oxygen atoms in total. The Morgan fingerprint density at radius 3 is 2.34 bits per heavy atom. The van der Waals surface area contributed by atoms with Gasteiger partial charge in [0.05, 0.1) is 14.2 Å². The second-order valence-corrected chi connectivity index (χ2v) is 6.40. The number of nitrogens with zero attached hydrogens (tertiary/aromatic N) is 1. The van der Waals surface area contributed by atoms with E-state index in [0.717, 1.165) is 11.1 Å². The van der Waals surface area contributed by atoms with E-state index in [0.29, 0.717) is 31.0 Å². The first-order chi connectivity index (χ1) is 13.8. The number of methoxy groups -OCH3 is 2. The molecule has 0 unspecified atom stereocenters. The smallest absolute Gasteiger partial charge is 0.493 e. The van der Waals surface area contributed by atoms with Gasteiger partial charge in [0.15, 0.2) is 11.5 Å². The lowest BCUT2D eigenvalue weighted by Gasteiger charge is -2.28. The summed E-state index contributed by atoms with van der Waals surface area (Å²) < 4.78 is 52.2. The van der Waals surface area contributed by atoms with Gasteiger partial charge < -0.3 is 19.1 Å². The Morgan fingerprint density at radius 2 is 1.69 bits per heavy atom. The predicted molar refractivity (Wildman–Crippen MR) is 101 cm³/mol. The van der Waals surface area contributed by atoms with Crippen molar-refractivity contribution in [1.82, 2.24) is 4.90 Å². The summed E-state index contributed by atoms with van der Waals surface area (Å²) in [7, 11) is 3.10. The standard InChI is InChI=1S/C21H20F3NO4/c1-27-18-11-15-9-10-25(13-16(15)12-19(18)28-2)20(26)8-7-14-5-3-4-6-17(14)29-21(22,23)24/h3-8,11-12H,9-10,13H2,1-2H3/b8-7+. The average molecular weight is 407 g/mol. The molecule has 0 aromatic heterocycles. The van der Waals surface area contributed by atoms with Gasteiger partial charge in [0, 0.05) is 24.7 Å². The van der Waals surface area contributed by atoms with Crippen LogP contribution >= 0.6 is 0 Å². The first kappa shape index (κ1) is 20.6. The predicted octanol–water partition coefficient (Wildman–Crippen LogP) is 4.20. The van der Waals surface area contributed by atoms with Crippen LogP contribution in [0.5, 0.6) is 17.2 Å². The zero-order valence-electron chi connectivity index (χ0n) is 16.0. The number of carbonyl (C=O) groups is 1. The molecule has 2 aromatic carbocycles. The van der Waals surface area contributed by atoms with Gasteiger partial charge in [-0.1, -0.05) is 18.2 Å². The first-order valence-corrected chi connectivity index (χ1v) is 8.86. The van der Waals surface area contributed by atoms with Crippen molar-refractivity contribution in [1.29, 1.82) is 0 Å². The van der Waals surface area contributed by atoms with Crippen molar-refractivity contribution in [2.24, 2.45) is 0 Å². The summed E-state index contributed by atoms with van der Waals surface area (Å²) in [4.78, 5) is 14.2. The van der Waals surface area contributed by atoms with Crippen LogP contribution in [0.15, 0.2) is 42.5 Å². The van der Waals surface area contributed by atoms with Crippen LogP contribution in [0.3, 0.4) is 0 Å². The SMILES string of the molecule is COc1cc2c(cc1OC)CN(C(=O)/C=C/c1ccccc1OC(F)(F)F)CC2. The van der Waals surface area contributed by atoms with E-state index < -0.39 is 6.36 Å². The normalized spacial score (nSPS) is 13.9. The van der Waals surface area contributed by atoms with Gasteiger partial charge in [0.1, 0.15) is 5.75 Å². The molecule has 0 fully saturated rings. The van der Waals surface area contributed by atoms with E-state index in [2.05, 4.69) is 4.74 Å². The van der Waals surface area contributed by atoms with Crippen LogP contribution in [-0.2, 0) is 17.8 Å². The number of halogens is 3. The molecule has 1 heterocycles. The fourth-order valence-corrected chi connectivity index (χ4v) is 3.17. The fourth-order valence-electron chi connectivity index (χ4n) is 3.17. The summed E-state index contributed by atoms with van der Waals surface area (Å²) in [5.41, 5.74) is 2.18. The van der Waals surface area contributed by atoms with Crippen molar-refractivity contribution in [2.75, 3.05) is 20.8 Å². The summed E-state index contributed by atoms with van der Waals surface area (Å²) in [5.74, 6) is 0.554. The highest BCUT2D eigenvalue weighted by Gasteiger charge is 2.31. The Kier molecular flexibility index (Phi) is 6.00. The van der Waals surface area contributed by atoms with Crippen LogP contribution < -0.4 is 14.2 Å². The van der Waals surface area contributed by atoms with Crippen LogP contribution in [0.4, 0.5) is 13.2 Å². The number of hydrogen-bond acceptors (Lipinski definition) is 4. The van der Waals surface area contributed by atoms with Gasteiger partial charge in [0.25, 0.3) is 0 Å². The molecule has 0 bridgehead atoms. The zero-order chi connectivity index (χ0) is 21.0. The summed E-state index contributed by atoms with van der Waals surface area (Å²) in [6, 6.07) is 9.40. The average Bonchev–Trinajstić information content (AvgIpc) is 2.70. The van der Waals surface area contributed by atoms with Crippen LogP contribution in [0.25, 0.3) is 6.08 Å². The Balaban J connectivity index is 1.75. The van der Waals surface area contributed by atoms with Gasteiger partial charge in [-0.3, -0.25) is 4.79 Å². The summed E-state index contributed by atoms with van der Waals surface area (Å²) >= 11 is 0. The molecule has 0 radical (unpaired) electrons. The highest BCUT2D eigenvalue weighted by Crippen LogP contribution is 2.33. The number of amides is 1. The number of alkyl halides is 3. The van der Waals surface area contributed by atoms with E-state index >= 15 is 0 Å². The van der Waals surface area contributed by atoms with Crippen LogP contribution in [0.1, 0.15) is 16.7 Å². The molecule has 0 atom stereocenters. The van der Waals surface area contributed by atoms with Crippen molar-refractivity contribution in [3.63, 3.8) is 0 Å². The molecular weight excluding hydrogens is 387 g/mol. The molecule has 1 aliphatic heterocycles. The maximum atomic E-state index is 12.6. The Bertz CT molecular complexity index is 925. The Hall–Kier alpha value is -3.16. The second-order valence-electron chi connectivity index (χ2n) is 6.40. The summed E-state index contributed by atoms with van der Waals surface area (Å²) in [6.07, 6.45) is -1.58. The first-order valence-electron chi connectivity index (χ1n) is 8.86. The van der Waals surface area contributed by atoms with E-state index in [9.17, 15) is 18.0 Å². The van der Waals surface area contributed by atoms with Crippen molar-refractivity contribution in [2.45, 2.75) is 19.3 Å². The number of para-hydroxylation sites is 1. The highest BCUT2D eigenvalue weighted by atomic mass is 19.4. The molecule has 154 valence electrons. The van der Waals surface area contributed by atoms with Gasteiger partial charge in [-0.15, -0.1) is 13.2 Å². The highest BCUT2D eigenvalue weighted by molar-refractivity contribution is 5.92. The van der Waals surface area contributed by atoms with Gasteiger partial charge in [-0.05, 0) is 41.8 Å². The van der Waals surface area contributed by atoms with Crippen LogP contribution in [0.2, 0.25) is 0 Å². The third-order valence-corrected chi connectivity index (χ3v) is 4.58. The maximum absolute atomic E-state index is 12.6. The second kappa shape index (κ2) is 8.46. The molecule has 0 saturated carbocycles. The third kappa shape index (κ3) is 5.01. The molecule has 29 heavy (non-hydrogen) atoms. The Labute approximate surface area is 166 Å². The lowest BCUT2D eigenvalue weighted by atomic mass is 9.98. The maximum Gasteiger partial charge on any atom is 0.573 e. The van der Waals surface area contributed by atoms with Crippen LogP contribution in [-0.4, -0.2) is 37.9 Å². The lowest BCUT2D eigenvalue weighted by molar-refractivity contribution is -0.274. The molecule has 0 saturated heterocycles. The van der Waals surface area contributed by atoms with Gasteiger partial charge in [-0.2, -0.15) is 0 Å². The van der Waals surface area contributed by atoms with Crippen molar-refractivity contribution >= 4 is 12.0 Å². The molecule has 0 aliphatic carbocycles. The molecule has 0 N–H and O–H groups in total. The topological polar surface area (TPSA) is 48.0 Å². The van der Waals surface area contributed by atoms with Crippen LogP contribution in [0, 0.1) is 0 Å². The summed E-state index contributed by atoms with van der Waals surface area (Å²) in [6.45, 7) is 0.867. The zero-order valence-corrected chi connectivity index (χ0v) is 16.0. The van der Waals surface area contributed by atoms with Gasteiger partial charge >= 0.3 is 6.36 Å². The molecule has 2 aromatic rings. The third-order valence-electron chi connectivity index (χ3n) is 4.58. The minimum atomic E-state index is -4.80. The number of carbonyl (C=O) groups excluding carboxylic acids is 1. The van der Waals surface area contributed by atoms with E-state index in [-0.39, 0.29) is 17.2 Å². The van der Waals surface area contributed by atoms with Gasteiger partial charge in [-0.25, -0.2) is 0 Å². The van der Waals surface area contributed by atoms with E-state index in [1.165, 1.54) is 30.4 Å². The minimum Gasteiger partial charge on any atom is -0.493 e.